The first kappa shape index (κ1) is 23.1. The van der Waals surface area contributed by atoms with Crippen LogP contribution >= 0.6 is 0 Å². The number of carbonyl (C=O) groups excluding carboxylic acids is 1. The Morgan fingerprint density at radius 2 is 1.94 bits per heavy atom. The van der Waals surface area contributed by atoms with E-state index < -0.39 is 22.7 Å². The lowest BCUT2D eigenvalue weighted by atomic mass is 9.77. The highest BCUT2D eigenvalue weighted by Crippen LogP contribution is 2.48. The predicted octanol–water partition coefficient (Wildman–Crippen LogP) is 4.27. The summed E-state index contributed by atoms with van der Waals surface area (Å²) in [5.41, 5.74) is -0.488. The van der Waals surface area contributed by atoms with Crippen LogP contribution in [-0.4, -0.2) is 45.7 Å². The first-order chi connectivity index (χ1) is 14.9. The highest BCUT2D eigenvalue weighted by atomic mass is 16.6. The molecule has 0 bridgehead atoms. The molecule has 0 radical (unpaired) electrons. The molecule has 0 fully saturated rings. The number of aliphatic hydroxyl groups is 1. The van der Waals surface area contributed by atoms with Crippen LogP contribution in [-0.2, 0) is 9.53 Å². The molecule has 0 spiro atoms. The molecule has 1 N–H and O–H groups in total. The van der Waals surface area contributed by atoms with Gasteiger partial charge in [0.15, 0.2) is 0 Å². The van der Waals surface area contributed by atoms with Crippen molar-refractivity contribution in [3.05, 3.63) is 45.7 Å². The number of aliphatic hydroxyl groups excluding tert-OH is 1. The van der Waals surface area contributed by atoms with Gasteiger partial charge in [0, 0.05) is 23.8 Å². The van der Waals surface area contributed by atoms with E-state index in [2.05, 4.69) is 13.8 Å². The number of unbranched alkanes of at least 4 members (excludes halogenated alkanes) is 2. The Labute approximate surface area is 183 Å². The molecule has 8 heteroatoms. The van der Waals surface area contributed by atoms with Gasteiger partial charge in [0.25, 0.3) is 11.6 Å². The van der Waals surface area contributed by atoms with E-state index in [0.29, 0.717) is 36.5 Å². The van der Waals surface area contributed by atoms with Crippen LogP contribution < -0.4 is 4.74 Å². The van der Waals surface area contributed by atoms with Gasteiger partial charge < -0.3 is 19.5 Å². The van der Waals surface area contributed by atoms with E-state index in [4.69, 9.17) is 9.47 Å². The number of nitro benzene ring substituents is 1. The zero-order valence-electron chi connectivity index (χ0n) is 18.5. The molecular weight excluding hydrogens is 400 g/mol. The Morgan fingerprint density at radius 1 is 1.26 bits per heavy atom. The first-order valence-corrected chi connectivity index (χ1v) is 11.2. The van der Waals surface area contributed by atoms with Crippen LogP contribution in [0.5, 0.6) is 5.75 Å². The summed E-state index contributed by atoms with van der Waals surface area (Å²) in [6, 6.07) is 3.67. The third-order valence-corrected chi connectivity index (χ3v) is 6.14. The van der Waals surface area contributed by atoms with Crippen LogP contribution in [0.3, 0.4) is 0 Å². The third kappa shape index (κ3) is 4.54. The van der Waals surface area contributed by atoms with Gasteiger partial charge in [-0.1, -0.05) is 26.7 Å². The molecule has 170 valence electrons. The largest absolute Gasteiger partial charge is 0.496 e. The molecule has 3 rings (SSSR count). The number of fused-ring (bicyclic) bond motifs is 1. The van der Waals surface area contributed by atoms with E-state index in [1.807, 2.05) is 6.92 Å². The lowest BCUT2D eigenvalue weighted by Gasteiger charge is -2.48. The monoisotopic (exact) mass is 432 g/mol. The van der Waals surface area contributed by atoms with Gasteiger partial charge in [0.2, 0.25) is 0 Å². The van der Waals surface area contributed by atoms with Gasteiger partial charge in [-0.2, -0.15) is 0 Å². The number of nitro groups is 1. The van der Waals surface area contributed by atoms with Crippen molar-refractivity contribution < 1.29 is 24.3 Å². The smallest absolute Gasteiger partial charge is 0.270 e. The number of carbonyl (C=O) groups is 1. The fourth-order valence-electron chi connectivity index (χ4n) is 4.54. The standard InChI is InChI=1S/C23H32N2O6/c1-4-7-11-23(12-8-5-2)22(27)21(24-15-17(30-6-3)14-20(24)26)18-13-16(25(28)29)9-10-19(18)31-23/h9-10,13-14,21-22,27H,4-8,11-12,15H2,1-3H3/t21-,22+/m1/s1. The van der Waals surface area contributed by atoms with Crippen LogP contribution in [0.4, 0.5) is 5.69 Å². The lowest BCUT2D eigenvalue weighted by Crippen LogP contribution is -2.57. The summed E-state index contributed by atoms with van der Waals surface area (Å²) in [6.45, 7) is 6.66. The molecule has 1 aromatic carbocycles. The van der Waals surface area contributed by atoms with Crippen LogP contribution in [0.2, 0.25) is 0 Å². The highest BCUT2D eigenvalue weighted by molar-refractivity contribution is 5.91. The molecule has 2 aliphatic rings. The van der Waals surface area contributed by atoms with Gasteiger partial charge in [0.1, 0.15) is 23.2 Å². The second-order valence-corrected chi connectivity index (χ2v) is 8.25. The summed E-state index contributed by atoms with van der Waals surface area (Å²) in [5, 5.41) is 23.0. The summed E-state index contributed by atoms with van der Waals surface area (Å²) >= 11 is 0. The van der Waals surface area contributed by atoms with E-state index in [1.165, 1.54) is 18.2 Å². The van der Waals surface area contributed by atoms with Crippen molar-refractivity contribution in [3.63, 3.8) is 0 Å². The minimum atomic E-state index is -1.02. The quantitative estimate of drug-likeness (QED) is 0.438. The van der Waals surface area contributed by atoms with Crippen molar-refractivity contribution in [2.45, 2.75) is 77.0 Å². The van der Waals surface area contributed by atoms with Gasteiger partial charge in [-0.05, 0) is 38.7 Å². The number of benzene rings is 1. The average Bonchev–Trinajstić information content (AvgIpc) is 3.10. The molecular formula is C23H32N2O6. The number of rotatable bonds is 10. The number of nitrogens with zero attached hydrogens (tertiary/aromatic N) is 2. The van der Waals surface area contributed by atoms with E-state index >= 15 is 0 Å². The average molecular weight is 433 g/mol. The second kappa shape index (κ2) is 9.68. The topological polar surface area (TPSA) is 102 Å². The van der Waals surface area contributed by atoms with Gasteiger partial charge in [-0.25, -0.2) is 0 Å². The molecule has 0 aliphatic carbocycles. The lowest BCUT2D eigenvalue weighted by molar-refractivity contribution is -0.385. The fourth-order valence-corrected chi connectivity index (χ4v) is 4.54. The molecule has 2 aliphatic heterocycles. The minimum Gasteiger partial charge on any atom is -0.496 e. The van der Waals surface area contributed by atoms with Gasteiger partial charge in [-0.15, -0.1) is 0 Å². The highest BCUT2D eigenvalue weighted by Gasteiger charge is 2.52. The summed E-state index contributed by atoms with van der Waals surface area (Å²) in [7, 11) is 0. The summed E-state index contributed by atoms with van der Waals surface area (Å²) in [6.07, 6.45) is 5.33. The van der Waals surface area contributed by atoms with E-state index in [0.717, 1.165) is 25.7 Å². The van der Waals surface area contributed by atoms with Gasteiger partial charge >= 0.3 is 0 Å². The zero-order chi connectivity index (χ0) is 22.6. The van der Waals surface area contributed by atoms with Crippen molar-refractivity contribution in [2.75, 3.05) is 13.2 Å². The molecule has 1 aromatic rings. The summed E-state index contributed by atoms with van der Waals surface area (Å²) < 4.78 is 12.0. The Morgan fingerprint density at radius 3 is 2.52 bits per heavy atom. The molecule has 1 amide bonds. The van der Waals surface area contributed by atoms with Crippen molar-refractivity contribution in [1.29, 1.82) is 0 Å². The van der Waals surface area contributed by atoms with Crippen molar-refractivity contribution in [2.24, 2.45) is 0 Å². The van der Waals surface area contributed by atoms with Crippen molar-refractivity contribution >= 4 is 11.6 Å². The molecule has 0 unspecified atom stereocenters. The Balaban J connectivity index is 2.08. The van der Waals surface area contributed by atoms with E-state index in [9.17, 15) is 20.0 Å². The number of hydrogen-bond donors (Lipinski definition) is 1. The summed E-state index contributed by atoms with van der Waals surface area (Å²) in [4.78, 5) is 25.3. The zero-order valence-corrected chi connectivity index (χ0v) is 18.5. The SMILES string of the molecule is CCCCC1(CCCC)Oc2ccc([N+](=O)[O-])cc2[C@@H](N2CC(OCC)=CC2=O)[C@@H]1O. The second-order valence-electron chi connectivity index (χ2n) is 8.25. The van der Waals surface area contributed by atoms with Gasteiger partial charge in [-0.3, -0.25) is 14.9 Å². The van der Waals surface area contributed by atoms with Crippen molar-refractivity contribution in [1.82, 2.24) is 4.90 Å². The maximum absolute atomic E-state index is 12.9. The summed E-state index contributed by atoms with van der Waals surface area (Å²) in [5.74, 6) is 0.753. The van der Waals surface area contributed by atoms with Crippen LogP contribution in [0, 0.1) is 10.1 Å². The Kier molecular flexibility index (Phi) is 7.20. The number of ether oxygens (including phenoxy) is 2. The Hall–Kier alpha value is -2.61. The number of non-ortho nitro benzene ring substituents is 1. The van der Waals surface area contributed by atoms with E-state index in [1.54, 1.807) is 11.0 Å². The molecule has 31 heavy (non-hydrogen) atoms. The van der Waals surface area contributed by atoms with Crippen molar-refractivity contribution in [3.8, 4) is 5.75 Å². The van der Waals surface area contributed by atoms with E-state index in [-0.39, 0.29) is 18.1 Å². The van der Waals surface area contributed by atoms with Gasteiger partial charge in [0.05, 0.1) is 24.1 Å². The molecule has 2 atom stereocenters. The molecule has 0 aromatic heterocycles. The normalized spacial score (nSPS) is 22.0. The molecule has 2 heterocycles. The fraction of sp³-hybridized carbons (Fsp3) is 0.609. The first-order valence-electron chi connectivity index (χ1n) is 11.2. The number of hydrogen-bond acceptors (Lipinski definition) is 6. The van der Waals surface area contributed by atoms with Crippen LogP contribution in [0.1, 0.15) is 70.9 Å². The molecule has 0 saturated carbocycles. The molecule has 8 nitrogen and oxygen atoms in total. The maximum Gasteiger partial charge on any atom is 0.270 e. The Bertz CT molecular complexity index is 844. The molecule has 0 saturated heterocycles. The predicted molar refractivity (Wildman–Crippen MR) is 116 cm³/mol. The number of amides is 1. The maximum atomic E-state index is 12.9. The van der Waals surface area contributed by atoms with Crippen LogP contribution in [0.25, 0.3) is 0 Å². The minimum absolute atomic E-state index is 0.0983. The van der Waals surface area contributed by atoms with Crippen LogP contribution in [0.15, 0.2) is 30.0 Å². The third-order valence-electron chi connectivity index (χ3n) is 6.14.